The highest BCUT2D eigenvalue weighted by atomic mass is 16.5. The molecular formula is C23H26N2O3. The molecule has 2 aromatic carbocycles. The van der Waals surface area contributed by atoms with Gasteiger partial charge >= 0.3 is 0 Å². The smallest absolute Gasteiger partial charge is 0.230 e. The Morgan fingerprint density at radius 1 is 1.11 bits per heavy atom. The van der Waals surface area contributed by atoms with E-state index in [1.165, 1.54) is 12.0 Å². The zero-order chi connectivity index (χ0) is 19.5. The topological polar surface area (TPSA) is 47.7 Å². The first-order chi connectivity index (χ1) is 13.7. The number of hydrogen-bond acceptors (Lipinski definition) is 5. The Morgan fingerprint density at radius 2 is 1.96 bits per heavy atom. The van der Waals surface area contributed by atoms with Crippen LogP contribution in [0.2, 0.25) is 0 Å². The summed E-state index contributed by atoms with van der Waals surface area (Å²) in [7, 11) is 3.38. The number of methoxy groups -OCH3 is 2. The van der Waals surface area contributed by atoms with E-state index < -0.39 is 0 Å². The molecule has 0 radical (unpaired) electrons. The van der Waals surface area contributed by atoms with Crippen molar-refractivity contribution >= 4 is 0 Å². The van der Waals surface area contributed by atoms with Gasteiger partial charge in [-0.2, -0.15) is 0 Å². The van der Waals surface area contributed by atoms with Gasteiger partial charge in [-0.05, 0) is 56.1 Å². The lowest BCUT2D eigenvalue weighted by molar-refractivity contribution is 0.244. The Balaban J connectivity index is 1.58. The third-order valence-corrected chi connectivity index (χ3v) is 5.43. The van der Waals surface area contributed by atoms with Gasteiger partial charge in [0.2, 0.25) is 5.89 Å². The van der Waals surface area contributed by atoms with Gasteiger partial charge in [0.15, 0.2) is 0 Å². The standard InChI is InChI=1S/C23H26N2O3/c1-16-20(24-23(28-16)19-10-4-5-12-22(19)27-3)15-25-13-7-11-21(25)17-8-6-9-18(14-17)26-2/h4-6,8-10,12,14,21H,7,11,13,15H2,1-3H3/t21-/m0/s1. The molecule has 1 saturated heterocycles. The van der Waals surface area contributed by atoms with Gasteiger partial charge in [0.25, 0.3) is 0 Å². The number of para-hydroxylation sites is 1. The van der Waals surface area contributed by atoms with Crippen molar-refractivity contribution < 1.29 is 13.9 Å². The second-order valence-corrected chi connectivity index (χ2v) is 7.13. The van der Waals surface area contributed by atoms with Gasteiger partial charge in [-0.1, -0.05) is 24.3 Å². The van der Waals surface area contributed by atoms with Gasteiger partial charge in [-0.3, -0.25) is 4.90 Å². The van der Waals surface area contributed by atoms with Gasteiger partial charge in [0.1, 0.15) is 17.3 Å². The van der Waals surface area contributed by atoms with E-state index >= 15 is 0 Å². The van der Waals surface area contributed by atoms with E-state index in [2.05, 4.69) is 23.1 Å². The first kappa shape index (κ1) is 18.6. The monoisotopic (exact) mass is 378 g/mol. The van der Waals surface area contributed by atoms with Crippen LogP contribution in [0.25, 0.3) is 11.5 Å². The van der Waals surface area contributed by atoms with Crippen molar-refractivity contribution in [3.8, 4) is 23.0 Å². The SMILES string of the molecule is COc1cccc([C@@H]2CCCN2Cc2nc(-c3ccccc3OC)oc2C)c1. The van der Waals surface area contributed by atoms with Crippen LogP contribution in [0.4, 0.5) is 0 Å². The van der Waals surface area contributed by atoms with Crippen LogP contribution in [0.3, 0.4) is 0 Å². The molecule has 5 nitrogen and oxygen atoms in total. The fourth-order valence-electron chi connectivity index (χ4n) is 3.95. The van der Waals surface area contributed by atoms with Crippen molar-refractivity contribution in [3.63, 3.8) is 0 Å². The number of oxazole rings is 1. The molecule has 1 aromatic heterocycles. The van der Waals surface area contributed by atoms with Crippen LogP contribution in [0.1, 0.15) is 35.9 Å². The summed E-state index contributed by atoms with van der Waals surface area (Å²) in [6, 6.07) is 16.6. The normalized spacial score (nSPS) is 17.0. The molecule has 0 saturated carbocycles. The van der Waals surface area contributed by atoms with Crippen molar-refractivity contribution in [1.29, 1.82) is 0 Å². The minimum absolute atomic E-state index is 0.376. The molecule has 1 aliphatic rings. The summed E-state index contributed by atoms with van der Waals surface area (Å²) in [5.41, 5.74) is 3.16. The van der Waals surface area contributed by atoms with E-state index in [1.807, 2.05) is 37.3 Å². The number of hydrogen-bond donors (Lipinski definition) is 0. The highest BCUT2D eigenvalue weighted by molar-refractivity contribution is 5.63. The van der Waals surface area contributed by atoms with E-state index in [0.717, 1.165) is 48.0 Å². The van der Waals surface area contributed by atoms with Gasteiger partial charge in [0, 0.05) is 12.6 Å². The third kappa shape index (κ3) is 3.62. The maximum absolute atomic E-state index is 5.99. The van der Waals surface area contributed by atoms with Crippen molar-refractivity contribution in [2.45, 2.75) is 32.4 Å². The Hall–Kier alpha value is -2.79. The highest BCUT2D eigenvalue weighted by Crippen LogP contribution is 2.36. The number of nitrogens with zero attached hydrogens (tertiary/aromatic N) is 2. The Bertz CT molecular complexity index is 951. The molecule has 1 fully saturated rings. The van der Waals surface area contributed by atoms with Crippen molar-refractivity contribution in [3.05, 3.63) is 65.5 Å². The molecule has 1 atom stereocenters. The highest BCUT2D eigenvalue weighted by Gasteiger charge is 2.28. The minimum Gasteiger partial charge on any atom is -0.497 e. The predicted molar refractivity (Wildman–Crippen MR) is 109 cm³/mol. The Morgan fingerprint density at radius 3 is 2.79 bits per heavy atom. The van der Waals surface area contributed by atoms with Crippen molar-refractivity contribution in [1.82, 2.24) is 9.88 Å². The summed E-state index contributed by atoms with van der Waals surface area (Å²) in [5.74, 6) is 3.14. The van der Waals surface area contributed by atoms with Gasteiger partial charge in [-0.15, -0.1) is 0 Å². The van der Waals surface area contributed by atoms with Crippen molar-refractivity contribution in [2.24, 2.45) is 0 Å². The van der Waals surface area contributed by atoms with E-state index in [-0.39, 0.29) is 0 Å². The van der Waals surface area contributed by atoms with Gasteiger partial charge < -0.3 is 13.9 Å². The van der Waals surface area contributed by atoms with Gasteiger partial charge in [0.05, 0.1) is 25.5 Å². The lowest BCUT2D eigenvalue weighted by Gasteiger charge is -2.24. The number of ether oxygens (including phenoxy) is 2. The summed E-state index contributed by atoms with van der Waals surface area (Å²) in [4.78, 5) is 7.28. The molecule has 0 spiro atoms. The zero-order valence-corrected chi connectivity index (χ0v) is 16.6. The van der Waals surface area contributed by atoms with E-state index in [9.17, 15) is 0 Å². The molecule has 5 heteroatoms. The Kier molecular flexibility index (Phi) is 5.35. The van der Waals surface area contributed by atoms with Crippen molar-refractivity contribution in [2.75, 3.05) is 20.8 Å². The largest absolute Gasteiger partial charge is 0.497 e. The number of aromatic nitrogens is 1. The number of benzene rings is 2. The molecule has 2 heterocycles. The lowest BCUT2D eigenvalue weighted by atomic mass is 10.0. The predicted octanol–water partition coefficient (Wildman–Crippen LogP) is 5.00. The molecule has 3 aromatic rings. The first-order valence-corrected chi connectivity index (χ1v) is 9.67. The minimum atomic E-state index is 0.376. The number of likely N-dealkylation sites (tertiary alicyclic amines) is 1. The summed E-state index contributed by atoms with van der Waals surface area (Å²) >= 11 is 0. The first-order valence-electron chi connectivity index (χ1n) is 9.67. The molecular weight excluding hydrogens is 352 g/mol. The average Bonchev–Trinajstić information content (AvgIpc) is 3.35. The average molecular weight is 378 g/mol. The summed E-state index contributed by atoms with van der Waals surface area (Å²) < 4.78 is 16.9. The second-order valence-electron chi connectivity index (χ2n) is 7.13. The van der Waals surface area contributed by atoms with E-state index in [1.54, 1.807) is 14.2 Å². The molecule has 0 unspecified atom stereocenters. The summed E-state index contributed by atoms with van der Waals surface area (Å²) in [5, 5.41) is 0. The van der Waals surface area contributed by atoms with Crippen LogP contribution in [0.15, 0.2) is 52.9 Å². The van der Waals surface area contributed by atoms with Crippen LogP contribution in [-0.2, 0) is 6.54 Å². The van der Waals surface area contributed by atoms with Crippen LogP contribution >= 0.6 is 0 Å². The van der Waals surface area contributed by atoms with Crippen LogP contribution in [0.5, 0.6) is 11.5 Å². The second kappa shape index (κ2) is 8.07. The van der Waals surface area contributed by atoms with Gasteiger partial charge in [-0.25, -0.2) is 4.98 Å². The molecule has 4 rings (SSSR count). The molecule has 28 heavy (non-hydrogen) atoms. The van der Waals surface area contributed by atoms with E-state index in [0.29, 0.717) is 11.9 Å². The quantitative estimate of drug-likeness (QED) is 0.604. The maximum atomic E-state index is 5.99. The van der Waals surface area contributed by atoms with Crippen LogP contribution < -0.4 is 9.47 Å². The zero-order valence-electron chi connectivity index (χ0n) is 16.6. The third-order valence-electron chi connectivity index (χ3n) is 5.43. The summed E-state index contributed by atoms with van der Waals surface area (Å²) in [6.07, 6.45) is 2.32. The van der Waals surface area contributed by atoms with E-state index in [4.69, 9.17) is 18.9 Å². The molecule has 1 aliphatic heterocycles. The molecule has 0 aliphatic carbocycles. The molecule has 0 N–H and O–H groups in total. The number of rotatable bonds is 6. The summed E-state index contributed by atoms with van der Waals surface area (Å²) in [6.45, 7) is 3.81. The fourth-order valence-corrected chi connectivity index (χ4v) is 3.95. The molecule has 146 valence electrons. The molecule has 0 bridgehead atoms. The Labute approximate surface area is 165 Å². The van der Waals surface area contributed by atoms with Crippen LogP contribution in [-0.4, -0.2) is 30.6 Å². The maximum Gasteiger partial charge on any atom is 0.230 e. The molecule has 0 amide bonds. The lowest BCUT2D eigenvalue weighted by Crippen LogP contribution is -2.23. The number of aryl methyl sites for hydroxylation is 1. The fraction of sp³-hybridized carbons (Fsp3) is 0.348. The van der Waals surface area contributed by atoms with Crippen LogP contribution in [0, 0.1) is 6.92 Å².